The normalized spacial score (nSPS) is 14.3. The van der Waals surface area contributed by atoms with E-state index in [-0.39, 0.29) is 23.1 Å². The second-order valence-electron chi connectivity index (χ2n) is 5.41. The highest BCUT2D eigenvalue weighted by Crippen LogP contribution is 2.24. The summed E-state index contributed by atoms with van der Waals surface area (Å²) in [5.74, 6) is -0.664. The van der Waals surface area contributed by atoms with Crippen LogP contribution in [0.5, 0.6) is 5.75 Å². The number of carbonyl (C=O) groups excluding carboxylic acids is 1. The summed E-state index contributed by atoms with van der Waals surface area (Å²) in [6, 6.07) is 13.5. The minimum atomic E-state index is -1.07. The molecule has 0 atom stereocenters. The Morgan fingerprint density at radius 3 is 2.58 bits per heavy atom. The fourth-order valence-electron chi connectivity index (χ4n) is 2.49. The Bertz CT molecular complexity index is 896. The molecule has 1 N–H and O–H groups in total. The molecule has 7 nitrogen and oxygen atoms in total. The number of anilines is 1. The molecule has 0 aliphatic carbocycles. The van der Waals surface area contributed by atoms with Gasteiger partial charge in [-0.3, -0.25) is 4.79 Å². The summed E-state index contributed by atoms with van der Waals surface area (Å²) in [6.07, 6.45) is 1.32. The molecule has 132 valence electrons. The van der Waals surface area contributed by atoms with E-state index >= 15 is 0 Å². The lowest BCUT2D eigenvalue weighted by atomic mass is 10.1. The van der Waals surface area contributed by atoms with Crippen molar-refractivity contribution in [2.45, 2.75) is 0 Å². The highest BCUT2D eigenvalue weighted by atomic mass is 32.1. The molecule has 2 aromatic carbocycles. The van der Waals surface area contributed by atoms with Crippen LogP contribution in [0, 0.1) is 0 Å². The zero-order valence-corrected chi connectivity index (χ0v) is 14.6. The van der Waals surface area contributed by atoms with Gasteiger partial charge < -0.3 is 14.7 Å². The Morgan fingerprint density at radius 1 is 1.23 bits per heavy atom. The number of carboxylic acid groups (broad SMARTS) is 1. The number of hydrazone groups is 1. The quantitative estimate of drug-likeness (QED) is 0.644. The van der Waals surface area contributed by atoms with E-state index in [1.807, 2.05) is 0 Å². The van der Waals surface area contributed by atoms with Gasteiger partial charge >= 0.3 is 5.97 Å². The van der Waals surface area contributed by atoms with E-state index in [1.54, 1.807) is 54.5 Å². The minimum Gasteiger partial charge on any atom is -0.497 e. The first-order valence-corrected chi connectivity index (χ1v) is 8.07. The molecule has 8 heteroatoms. The summed E-state index contributed by atoms with van der Waals surface area (Å²) in [7, 11) is 1.57. The van der Waals surface area contributed by atoms with Crippen LogP contribution in [0.15, 0.2) is 53.6 Å². The SMILES string of the molecule is COc1ccc(N2CC(=O)N(/N=C/c3ccccc3C(=O)O)C2=S)cc1. The lowest BCUT2D eigenvalue weighted by molar-refractivity contribution is -0.124. The maximum absolute atomic E-state index is 12.3. The second-order valence-corrected chi connectivity index (χ2v) is 5.77. The minimum absolute atomic E-state index is 0.0586. The van der Waals surface area contributed by atoms with Gasteiger partial charge in [0.25, 0.3) is 5.91 Å². The number of carboxylic acids is 1. The maximum atomic E-state index is 12.3. The summed E-state index contributed by atoms with van der Waals surface area (Å²) >= 11 is 5.35. The van der Waals surface area contributed by atoms with Gasteiger partial charge in [-0.2, -0.15) is 10.1 Å². The fourth-order valence-corrected chi connectivity index (χ4v) is 2.81. The predicted octanol–water partition coefficient (Wildman–Crippen LogP) is 2.36. The smallest absolute Gasteiger partial charge is 0.336 e. The molecule has 0 radical (unpaired) electrons. The third-order valence-corrected chi connectivity index (χ3v) is 4.22. The van der Waals surface area contributed by atoms with Gasteiger partial charge in [0, 0.05) is 11.3 Å². The average Bonchev–Trinajstić information content (AvgIpc) is 2.94. The molecular weight excluding hydrogens is 354 g/mol. The maximum Gasteiger partial charge on any atom is 0.336 e. The van der Waals surface area contributed by atoms with E-state index in [4.69, 9.17) is 17.0 Å². The van der Waals surface area contributed by atoms with Crippen molar-refractivity contribution in [3.63, 3.8) is 0 Å². The number of benzene rings is 2. The molecule has 0 spiro atoms. The Morgan fingerprint density at radius 2 is 1.92 bits per heavy atom. The Kier molecular flexibility index (Phi) is 4.94. The molecule has 1 amide bonds. The fraction of sp³-hybridized carbons (Fsp3) is 0.111. The zero-order chi connectivity index (χ0) is 18.7. The van der Waals surface area contributed by atoms with Crippen LogP contribution in [0.2, 0.25) is 0 Å². The molecule has 1 heterocycles. The lowest BCUT2D eigenvalue weighted by Gasteiger charge is -2.17. The molecule has 1 fully saturated rings. The molecule has 1 aliphatic rings. The molecule has 0 unspecified atom stereocenters. The number of methoxy groups -OCH3 is 1. The van der Waals surface area contributed by atoms with Gasteiger partial charge in [0.05, 0.1) is 18.9 Å². The van der Waals surface area contributed by atoms with Gasteiger partial charge in [-0.1, -0.05) is 18.2 Å². The van der Waals surface area contributed by atoms with Crippen LogP contribution in [0.4, 0.5) is 5.69 Å². The van der Waals surface area contributed by atoms with Gasteiger partial charge in [0.1, 0.15) is 12.3 Å². The number of ether oxygens (including phenoxy) is 1. The number of hydrogen-bond acceptors (Lipinski definition) is 5. The molecule has 26 heavy (non-hydrogen) atoms. The van der Waals surface area contributed by atoms with Crippen molar-refractivity contribution in [3.8, 4) is 5.75 Å². The summed E-state index contributed by atoms with van der Waals surface area (Å²) in [6.45, 7) is 0.0586. The zero-order valence-electron chi connectivity index (χ0n) is 13.8. The highest BCUT2D eigenvalue weighted by Gasteiger charge is 2.33. The molecule has 0 bridgehead atoms. The van der Waals surface area contributed by atoms with Crippen molar-refractivity contribution in [3.05, 3.63) is 59.7 Å². The molecule has 1 saturated heterocycles. The Labute approximate surface area is 155 Å². The molecule has 0 saturated carbocycles. The third kappa shape index (κ3) is 3.40. The second kappa shape index (κ2) is 7.32. The number of hydrogen-bond donors (Lipinski definition) is 1. The largest absolute Gasteiger partial charge is 0.497 e. The van der Waals surface area contributed by atoms with Crippen molar-refractivity contribution < 1.29 is 19.4 Å². The van der Waals surface area contributed by atoms with Gasteiger partial charge in [0.2, 0.25) is 5.11 Å². The monoisotopic (exact) mass is 369 g/mol. The number of rotatable bonds is 5. The van der Waals surface area contributed by atoms with E-state index in [2.05, 4.69) is 5.10 Å². The van der Waals surface area contributed by atoms with E-state index in [1.165, 1.54) is 12.3 Å². The van der Waals surface area contributed by atoms with Crippen LogP contribution in [-0.2, 0) is 4.79 Å². The number of carbonyl (C=O) groups is 2. The lowest BCUT2D eigenvalue weighted by Crippen LogP contribution is -2.29. The van der Waals surface area contributed by atoms with Crippen molar-refractivity contribution in [2.24, 2.45) is 5.10 Å². The molecule has 1 aliphatic heterocycles. The number of thiocarbonyl (C=S) groups is 1. The van der Waals surface area contributed by atoms with Gasteiger partial charge in [-0.25, -0.2) is 4.79 Å². The molecule has 0 aromatic heterocycles. The standard InChI is InChI=1S/C18H15N3O4S/c1-25-14-8-6-13(7-9-14)20-11-16(22)21(18(20)26)19-10-12-4-2-3-5-15(12)17(23)24/h2-10H,11H2,1H3,(H,23,24)/b19-10+. The van der Waals surface area contributed by atoms with Crippen molar-refractivity contribution >= 4 is 41.1 Å². The van der Waals surface area contributed by atoms with E-state index in [9.17, 15) is 14.7 Å². The first-order valence-electron chi connectivity index (χ1n) is 7.66. The van der Waals surface area contributed by atoms with Crippen molar-refractivity contribution in [2.75, 3.05) is 18.6 Å². The summed E-state index contributed by atoms with van der Waals surface area (Å²) in [5, 5.41) is 14.6. The molecule has 3 rings (SSSR count). The topological polar surface area (TPSA) is 82.4 Å². The third-order valence-electron chi connectivity index (χ3n) is 3.83. The van der Waals surface area contributed by atoms with Gasteiger partial charge in [0.15, 0.2) is 0 Å². The van der Waals surface area contributed by atoms with Crippen LogP contribution in [0.1, 0.15) is 15.9 Å². The van der Waals surface area contributed by atoms with E-state index in [0.29, 0.717) is 11.3 Å². The van der Waals surface area contributed by atoms with Crippen LogP contribution < -0.4 is 9.64 Å². The molecule has 2 aromatic rings. The summed E-state index contributed by atoms with van der Waals surface area (Å²) in [5.41, 5.74) is 1.23. The highest BCUT2D eigenvalue weighted by molar-refractivity contribution is 7.80. The van der Waals surface area contributed by atoms with Crippen molar-refractivity contribution in [1.82, 2.24) is 5.01 Å². The van der Waals surface area contributed by atoms with Crippen LogP contribution in [0.25, 0.3) is 0 Å². The van der Waals surface area contributed by atoms with Crippen molar-refractivity contribution in [1.29, 1.82) is 0 Å². The summed E-state index contributed by atoms with van der Waals surface area (Å²) in [4.78, 5) is 25.2. The van der Waals surface area contributed by atoms with Gasteiger partial charge in [-0.15, -0.1) is 0 Å². The number of nitrogens with zero attached hydrogens (tertiary/aromatic N) is 3. The van der Waals surface area contributed by atoms with Crippen LogP contribution >= 0.6 is 12.2 Å². The number of aromatic carboxylic acids is 1. The number of amides is 1. The van der Waals surface area contributed by atoms with E-state index < -0.39 is 5.97 Å². The van der Waals surface area contributed by atoms with Gasteiger partial charge in [-0.05, 0) is 42.5 Å². The van der Waals surface area contributed by atoms with E-state index in [0.717, 1.165) is 10.7 Å². The summed E-state index contributed by atoms with van der Waals surface area (Å²) < 4.78 is 5.12. The Hall–Kier alpha value is -3.26. The van der Waals surface area contributed by atoms with Crippen LogP contribution in [-0.4, -0.2) is 47.0 Å². The first-order chi connectivity index (χ1) is 12.5. The average molecular weight is 369 g/mol. The first kappa shape index (κ1) is 17.6. The molecular formula is C18H15N3O4S. The Balaban J connectivity index is 1.82. The van der Waals surface area contributed by atoms with Crippen LogP contribution in [0.3, 0.4) is 0 Å². The predicted molar refractivity (Wildman–Crippen MR) is 101 cm³/mol.